The van der Waals surface area contributed by atoms with Gasteiger partial charge in [0.15, 0.2) is 0 Å². The summed E-state index contributed by atoms with van der Waals surface area (Å²) in [5.74, 6) is -1.01. The van der Waals surface area contributed by atoms with E-state index in [4.69, 9.17) is 4.42 Å². The van der Waals surface area contributed by atoms with Gasteiger partial charge in [-0.05, 0) is 26.1 Å². The minimum Gasteiger partial charge on any atom is -0.464 e. The Kier molecular flexibility index (Phi) is 4.29. The molecule has 0 radical (unpaired) electrons. The third-order valence-corrected chi connectivity index (χ3v) is 4.21. The van der Waals surface area contributed by atoms with Crippen LogP contribution in [0, 0.1) is 18.6 Å². The Morgan fingerprint density at radius 1 is 1.24 bits per heavy atom. The predicted octanol–water partition coefficient (Wildman–Crippen LogP) is 2.39. The fraction of sp³-hybridized carbons (Fsp3) is 0.231. The van der Waals surface area contributed by atoms with Crippen LogP contribution in [0.4, 0.5) is 14.5 Å². The first-order valence-corrected chi connectivity index (χ1v) is 7.53. The minimum atomic E-state index is -4.06. The van der Waals surface area contributed by atoms with Crippen LogP contribution in [0.1, 0.15) is 11.5 Å². The Labute approximate surface area is 121 Å². The summed E-state index contributed by atoms with van der Waals surface area (Å²) in [5.41, 5.74) is -0.453. The summed E-state index contributed by atoms with van der Waals surface area (Å²) in [5, 5.41) is 2.82. The van der Waals surface area contributed by atoms with Crippen molar-refractivity contribution in [1.82, 2.24) is 5.32 Å². The van der Waals surface area contributed by atoms with Crippen LogP contribution in [-0.2, 0) is 16.6 Å². The third-order valence-electron chi connectivity index (χ3n) is 2.74. The zero-order chi connectivity index (χ0) is 15.6. The highest BCUT2D eigenvalue weighted by molar-refractivity contribution is 7.92. The number of nitrogens with one attached hydrogen (secondary N) is 2. The molecule has 0 saturated carbocycles. The van der Waals surface area contributed by atoms with Crippen molar-refractivity contribution in [2.24, 2.45) is 0 Å². The molecule has 0 aliphatic carbocycles. The molecule has 8 heteroatoms. The maximum absolute atomic E-state index is 13.5. The number of halogens is 2. The van der Waals surface area contributed by atoms with E-state index in [2.05, 4.69) is 5.32 Å². The van der Waals surface area contributed by atoms with Gasteiger partial charge in [0.05, 0.1) is 12.2 Å². The topological polar surface area (TPSA) is 71.3 Å². The van der Waals surface area contributed by atoms with Gasteiger partial charge in [-0.25, -0.2) is 17.2 Å². The normalized spacial score (nSPS) is 11.6. The van der Waals surface area contributed by atoms with Gasteiger partial charge in [0.2, 0.25) is 0 Å². The molecule has 0 spiro atoms. The molecule has 21 heavy (non-hydrogen) atoms. The Hall–Kier alpha value is -1.93. The van der Waals surface area contributed by atoms with Crippen molar-refractivity contribution < 1.29 is 21.6 Å². The first-order chi connectivity index (χ1) is 9.83. The smallest absolute Gasteiger partial charge is 0.265 e. The second-order valence-electron chi connectivity index (χ2n) is 4.39. The van der Waals surface area contributed by atoms with Crippen LogP contribution in [0.15, 0.2) is 33.6 Å². The number of benzene rings is 1. The molecule has 114 valence electrons. The van der Waals surface area contributed by atoms with E-state index < -0.39 is 27.3 Å². The molecular formula is C13H14F2N2O3S. The molecule has 0 aliphatic rings. The van der Waals surface area contributed by atoms with Crippen molar-refractivity contribution in [2.45, 2.75) is 18.4 Å². The van der Waals surface area contributed by atoms with Crippen LogP contribution in [0.2, 0.25) is 0 Å². The Bertz CT molecular complexity index is 757. The molecule has 0 aliphatic heterocycles. The highest BCUT2D eigenvalue weighted by Gasteiger charge is 2.22. The van der Waals surface area contributed by atoms with Gasteiger partial charge < -0.3 is 9.73 Å². The van der Waals surface area contributed by atoms with Crippen molar-refractivity contribution in [3.8, 4) is 0 Å². The summed E-state index contributed by atoms with van der Waals surface area (Å²) in [6, 6.07) is 3.87. The largest absolute Gasteiger partial charge is 0.464 e. The predicted molar refractivity (Wildman–Crippen MR) is 73.4 cm³/mol. The number of aryl methyl sites for hydroxylation is 1. The lowest BCUT2D eigenvalue weighted by atomic mass is 10.3. The fourth-order valence-corrected chi connectivity index (χ4v) is 3.09. The second kappa shape index (κ2) is 5.82. The van der Waals surface area contributed by atoms with E-state index in [9.17, 15) is 17.2 Å². The SMILES string of the molecule is CNCc1cc(S(=O)(=O)Nc2cc(F)ccc2F)c(C)o1. The number of rotatable bonds is 5. The lowest BCUT2D eigenvalue weighted by Gasteiger charge is -2.08. The Balaban J connectivity index is 2.36. The summed E-state index contributed by atoms with van der Waals surface area (Å²) >= 11 is 0. The number of furan rings is 1. The highest BCUT2D eigenvalue weighted by Crippen LogP contribution is 2.24. The van der Waals surface area contributed by atoms with Gasteiger partial charge in [-0.1, -0.05) is 0 Å². The van der Waals surface area contributed by atoms with Crippen molar-refractivity contribution in [1.29, 1.82) is 0 Å². The van der Waals surface area contributed by atoms with Crippen LogP contribution < -0.4 is 10.0 Å². The molecule has 2 aromatic rings. The van der Waals surface area contributed by atoms with Gasteiger partial charge in [0.1, 0.15) is 28.1 Å². The molecule has 1 aromatic carbocycles. The molecular weight excluding hydrogens is 302 g/mol. The van der Waals surface area contributed by atoms with Gasteiger partial charge in [0.25, 0.3) is 10.0 Å². The second-order valence-corrected chi connectivity index (χ2v) is 6.04. The van der Waals surface area contributed by atoms with Crippen molar-refractivity contribution in [3.63, 3.8) is 0 Å². The monoisotopic (exact) mass is 316 g/mol. The molecule has 0 saturated heterocycles. The van der Waals surface area contributed by atoms with Crippen LogP contribution in [0.5, 0.6) is 0 Å². The van der Waals surface area contributed by atoms with E-state index in [1.54, 1.807) is 7.05 Å². The van der Waals surface area contributed by atoms with Gasteiger partial charge in [-0.3, -0.25) is 4.72 Å². The zero-order valence-corrected chi connectivity index (χ0v) is 12.2. The van der Waals surface area contributed by atoms with E-state index in [-0.39, 0.29) is 10.7 Å². The summed E-state index contributed by atoms with van der Waals surface area (Å²) in [6.45, 7) is 1.83. The fourth-order valence-electron chi connectivity index (χ4n) is 1.83. The Morgan fingerprint density at radius 2 is 1.95 bits per heavy atom. The standard InChI is InChI=1S/C13H14F2N2O3S/c1-8-13(6-10(20-8)7-16-2)21(18,19)17-12-5-9(14)3-4-11(12)15/h3-6,16-17H,7H2,1-2H3. The maximum Gasteiger partial charge on any atom is 0.265 e. The van der Waals surface area contributed by atoms with Crippen LogP contribution in [0.3, 0.4) is 0 Å². The molecule has 0 unspecified atom stereocenters. The van der Waals surface area contributed by atoms with Crippen LogP contribution in [-0.4, -0.2) is 15.5 Å². The Morgan fingerprint density at radius 3 is 2.62 bits per heavy atom. The van der Waals surface area contributed by atoms with Crippen LogP contribution in [0.25, 0.3) is 0 Å². The molecule has 0 atom stereocenters. The van der Waals surface area contributed by atoms with Crippen molar-refractivity contribution in [2.75, 3.05) is 11.8 Å². The molecule has 2 rings (SSSR count). The van der Waals surface area contributed by atoms with E-state index in [1.807, 2.05) is 4.72 Å². The lowest BCUT2D eigenvalue weighted by Crippen LogP contribution is -2.14. The summed E-state index contributed by atoms with van der Waals surface area (Å²) in [7, 11) is -2.37. The zero-order valence-electron chi connectivity index (χ0n) is 11.4. The molecule has 5 nitrogen and oxygen atoms in total. The van der Waals surface area contributed by atoms with E-state index in [0.29, 0.717) is 12.3 Å². The number of hydrogen-bond donors (Lipinski definition) is 2. The van der Waals surface area contributed by atoms with E-state index in [0.717, 1.165) is 18.2 Å². The van der Waals surface area contributed by atoms with Crippen molar-refractivity contribution >= 4 is 15.7 Å². The molecule has 0 bridgehead atoms. The average molecular weight is 316 g/mol. The third kappa shape index (κ3) is 3.40. The number of sulfonamides is 1. The van der Waals surface area contributed by atoms with E-state index in [1.165, 1.54) is 13.0 Å². The number of anilines is 1. The summed E-state index contributed by atoms with van der Waals surface area (Å²) in [4.78, 5) is -0.114. The first kappa shape index (κ1) is 15.5. The van der Waals surface area contributed by atoms with E-state index >= 15 is 0 Å². The molecule has 1 heterocycles. The average Bonchev–Trinajstić information content (AvgIpc) is 2.76. The molecule has 0 fully saturated rings. The highest BCUT2D eigenvalue weighted by atomic mass is 32.2. The summed E-state index contributed by atoms with van der Waals surface area (Å²) in [6.07, 6.45) is 0. The molecule has 1 aromatic heterocycles. The minimum absolute atomic E-state index is 0.114. The van der Waals surface area contributed by atoms with Crippen LogP contribution >= 0.6 is 0 Å². The van der Waals surface area contributed by atoms with Gasteiger partial charge in [-0.2, -0.15) is 0 Å². The van der Waals surface area contributed by atoms with Gasteiger partial charge in [0, 0.05) is 12.1 Å². The van der Waals surface area contributed by atoms with Gasteiger partial charge in [-0.15, -0.1) is 0 Å². The maximum atomic E-state index is 13.5. The van der Waals surface area contributed by atoms with Crippen molar-refractivity contribution in [3.05, 3.63) is 47.4 Å². The number of hydrogen-bond acceptors (Lipinski definition) is 4. The first-order valence-electron chi connectivity index (χ1n) is 6.05. The summed E-state index contributed by atoms with van der Waals surface area (Å²) < 4.78 is 58.3. The molecule has 0 amide bonds. The lowest BCUT2D eigenvalue weighted by molar-refractivity contribution is 0.466. The quantitative estimate of drug-likeness (QED) is 0.888. The van der Waals surface area contributed by atoms with Gasteiger partial charge >= 0.3 is 0 Å². The molecule has 2 N–H and O–H groups in total.